The molecule has 0 radical (unpaired) electrons. The van der Waals surface area contributed by atoms with E-state index in [2.05, 4.69) is 112 Å². The van der Waals surface area contributed by atoms with Crippen LogP contribution in [0, 0.1) is 45.4 Å². The highest BCUT2D eigenvalue weighted by atomic mass is 32.2. The Hall–Kier alpha value is -11.4. The van der Waals surface area contributed by atoms with Crippen LogP contribution in [0.2, 0.25) is 0 Å². The van der Waals surface area contributed by atoms with Crippen molar-refractivity contribution in [1.82, 2.24) is 68.9 Å². The fourth-order valence-electron chi connectivity index (χ4n) is 20.3. The third-order valence-electron chi connectivity index (χ3n) is 28.7. The lowest BCUT2D eigenvalue weighted by Crippen LogP contribution is -2.39. The summed E-state index contributed by atoms with van der Waals surface area (Å²) in [6, 6.07) is 35.1. The van der Waals surface area contributed by atoms with Crippen LogP contribution in [-0.2, 0) is 78.2 Å². The van der Waals surface area contributed by atoms with Crippen LogP contribution in [0.25, 0.3) is 66.1 Å². The summed E-state index contributed by atoms with van der Waals surface area (Å²) in [5.41, 5.74) is 14.9. The Morgan fingerprint density at radius 1 is 0.459 bits per heavy atom. The van der Waals surface area contributed by atoms with E-state index in [-0.39, 0.29) is 120 Å². The number of aryl methyl sites for hydroxylation is 7. The first-order valence-electron chi connectivity index (χ1n) is 46.8. The van der Waals surface area contributed by atoms with Crippen molar-refractivity contribution in [3.8, 4) is 62.1 Å². The highest BCUT2D eigenvalue weighted by Crippen LogP contribution is 2.45. The van der Waals surface area contributed by atoms with Crippen molar-refractivity contribution in [2.75, 3.05) is 67.0 Å². The van der Waals surface area contributed by atoms with Gasteiger partial charge in [-0.25, -0.2) is 0 Å². The van der Waals surface area contributed by atoms with Gasteiger partial charge in [-0.3, -0.25) is 47.1 Å². The molecule has 1 saturated carbocycles. The van der Waals surface area contributed by atoms with Crippen LogP contribution in [0.15, 0.2) is 151 Å². The molecule has 2 amide bonds. The second-order valence-corrected chi connectivity index (χ2v) is 38.7. The summed E-state index contributed by atoms with van der Waals surface area (Å²) >= 11 is 0. The number of aromatic nitrogens is 12. The number of nitrogens with zero attached hydrogens (tertiary/aromatic N) is 13. The van der Waals surface area contributed by atoms with Crippen LogP contribution in [-0.4, -0.2) is 223 Å². The van der Waals surface area contributed by atoms with Crippen molar-refractivity contribution >= 4 is 60.4 Å². The van der Waals surface area contributed by atoms with Gasteiger partial charge in [0, 0.05) is 150 Å². The smallest absolute Gasteiger partial charge is 0.297 e. The molecule has 0 unspecified atom stereocenters. The topological polar surface area (TPSA) is 320 Å². The summed E-state index contributed by atoms with van der Waals surface area (Å²) in [5, 5.41) is 33.6. The molecular weight excluding hydrogens is 1710 g/mol. The van der Waals surface area contributed by atoms with Crippen LogP contribution in [0.5, 0.6) is 28.7 Å². The molecule has 1 N–H and O–H groups in total. The molecule has 9 fully saturated rings. The fourth-order valence-corrected chi connectivity index (χ4v) is 21.4. The molecule has 8 aliphatic heterocycles. The van der Waals surface area contributed by atoms with Gasteiger partial charge in [-0.1, -0.05) is 42.0 Å². The minimum absolute atomic E-state index is 0.0118. The van der Waals surface area contributed by atoms with Gasteiger partial charge in [-0.2, -0.15) is 39.0 Å². The highest BCUT2D eigenvalue weighted by Gasteiger charge is 2.47. The Bertz CT molecular complexity index is 6270. The summed E-state index contributed by atoms with van der Waals surface area (Å²) in [7, 11) is 5.39. The zero-order chi connectivity index (χ0) is 92.8. The van der Waals surface area contributed by atoms with Gasteiger partial charge in [0.05, 0.1) is 127 Å². The molecule has 1 aliphatic carbocycles. The van der Waals surface area contributed by atoms with Crippen molar-refractivity contribution in [3.63, 3.8) is 0 Å². The van der Waals surface area contributed by atoms with E-state index >= 15 is 0 Å². The molecule has 9 aliphatic rings. The van der Waals surface area contributed by atoms with E-state index in [0.29, 0.717) is 64.4 Å². The molecule has 21 rings (SSSR count). The summed E-state index contributed by atoms with van der Waals surface area (Å²) in [5.74, 6) is 5.05. The molecule has 6 aromatic heterocycles. The third-order valence-corrected chi connectivity index (χ3v) is 30.1. The molecule has 12 aromatic rings. The van der Waals surface area contributed by atoms with Gasteiger partial charge in [0.25, 0.3) is 10.1 Å². The number of aromatic amines is 1. The van der Waals surface area contributed by atoms with Crippen LogP contribution in [0.1, 0.15) is 163 Å². The molecule has 0 spiro atoms. The van der Waals surface area contributed by atoms with Crippen LogP contribution < -0.4 is 23.7 Å². The number of hydrogen-bond donors (Lipinski definition) is 1. The van der Waals surface area contributed by atoms with Crippen LogP contribution in [0.4, 0.5) is 0 Å². The number of likely N-dealkylation sites (tertiary alicyclic amines) is 2. The number of H-pyrrole nitrogens is 1. The number of hydrogen-bond acceptors (Lipinski definition) is 23. The van der Waals surface area contributed by atoms with E-state index in [4.69, 9.17) is 71.6 Å². The molecule has 17 atom stereocenters. The van der Waals surface area contributed by atoms with E-state index in [1.807, 2.05) is 141 Å². The maximum absolute atomic E-state index is 13.2. The third kappa shape index (κ3) is 19.4. The summed E-state index contributed by atoms with van der Waals surface area (Å²) in [4.78, 5) is 42.1. The Morgan fingerprint density at radius 2 is 0.872 bits per heavy atom. The predicted octanol–water partition coefficient (Wildman–Crippen LogP) is 15.6. The first-order chi connectivity index (χ1) is 64.2. The first kappa shape index (κ1) is 92.1. The lowest BCUT2D eigenvalue weighted by Gasteiger charge is -2.27. The number of ketones is 1. The lowest BCUT2D eigenvalue weighted by molar-refractivity contribution is -0.130. The van der Waals surface area contributed by atoms with E-state index in [9.17, 15) is 22.8 Å². The Morgan fingerprint density at radius 3 is 1.29 bits per heavy atom. The Kier molecular flexibility index (Phi) is 27.2. The molecule has 14 heterocycles. The number of rotatable bonds is 23. The molecule has 704 valence electrons. The number of nitrogens with one attached hydrogen (secondary N) is 1. The van der Waals surface area contributed by atoms with Gasteiger partial charge in [0.2, 0.25) is 11.8 Å². The molecule has 6 aromatic carbocycles. The zero-order valence-electron chi connectivity index (χ0n) is 78.3. The van der Waals surface area contributed by atoms with Gasteiger partial charge in [-0.15, -0.1) is 0 Å². The molecule has 31 nitrogen and oxygen atoms in total. The monoisotopic (exact) mass is 1830 g/mol. The number of benzene rings is 6. The minimum Gasteiger partial charge on any atom is -0.497 e. The second kappa shape index (κ2) is 39.3. The number of fused-ring (bicyclic) bond motifs is 6. The number of amides is 2. The molecule has 32 heteroatoms. The van der Waals surface area contributed by atoms with Crippen LogP contribution >= 0.6 is 0 Å². The highest BCUT2D eigenvalue weighted by molar-refractivity contribution is 7.86. The summed E-state index contributed by atoms with van der Waals surface area (Å²) in [6.45, 7) is 23.4. The van der Waals surface area contributed by atoms with Crippen LogP contribution in [0.3, 0.4) is 0 Å². The van der Waals surface area contributed by atoms with E-state index in [1.165, 1.54) is 0 Å². The summed E-state index contributed by atoms with van der Waals surface area (Å²) < 4.78 is 105. The maximum Gasteiger partial charge on any atom is 0.297 e. The standard InChI is InChI=1S/C34H41N5O5.C27H31N5O3.C26H32N4O4.C14H18O5S/c1-20(23-8-10-27(41-5)11-9-23)38-17-25(15-32(38)40)22(3)44-31-14-24(13-28-33(31)21(2)37(4)36-28)26-16-35-39(18-26)29-19-43-30-7-6-12-42-34(29)30;1-16(19-6-8-23(34-5)9-7-19)32-15-21(12-26(32)33)18(3)35-25-11-20(22-13-28-29-14-22)10-24-27(25)17(2)31(4)30-24;1-15-25-21(28-29(15)3)10-18(11-24(25)34-16(2)17-6-7-20(31)9-17)19-12-27-30(13-19)22-14-33-23-5-4-8-32-26(22)23;1-10-4-6-11(7-5-10)20(15,16)19-13-9-18-12-3-2-8-17-14(12)13/h8-11,13-14,16,18,20,22,25,29-30,34H,6-7,12,15,17,19H2,1-5H3;6-11,13-14,16,18,21H,12,15H2,1-5H3,(H,28,29);10-13,16-17,22-23,26H,4-9,14H2,1-3H3;4-7,12-14H,2-3,8-9H2,1H3/t20-,22+,25+,29-,30+,34+;16-,18+,21+;16-,17+,22+,23-,26-;12-,13-,14+/m0011/s1. The average Bonchev–Trinajstić information content (AvgIpc) is 1.63. The number of ether oxygens (including phenoxy) is 11. The zero-order valence-corrected chi connectivity index (χ0v) is 79.1. The molecule has 0 bridgehead atoms. The number of methoxy groups -OCH3 is 2. The van der Waals surface area contributed by atoms with Crippen molar-refractivity contribution < 1.29 is 79.1 Å². The van der Waals surface area contributed by atoms with E-state index in [0.717, 1.165) is 187 Å². The molecule has 133 heavy (non-hydrogen) atoms. The van der Waals surface area contributed by atoms with Gasteiger partial charge in [0.1, 0.15) is 83.2 Å². The second-order valence-electron chi connectivity index (χ2n) is 37.2. The molecular formula is C101H122N14O17S. The van der Waals surface area contributed by atoms with E-state index < -0.39 is 16.2 Å². The van der Waals surface area contributed by atoms with Gasteiger partial charge in [-0.05, 0) is 208 Å². The fraction of sp³-hybridized carbons (Fsp3) is 0.495. The van der Waals surface area contributed by atoms with Crippen molar-refractivity contribution in [3.05, 3.63) is 180 Å². The SMILES string of the molecule is COc1ccc([C@H](C)N2C[C@H]([C@@H](C)Oc3cc(-c4cn[nH]c4)cc4nn(C)c(C)c34)CC2=O)cc1.COc1ccc([C@H](C)N2C[C@H]([C@@H](C)Oc3cc(-c4cnn([C@H]5CO[C@@H]6CCCO[C@@H]65)c4)cc4nn(C)c(C)c34)CC2=O)cc1.Cc1c2c(O[C@H](C)[C@H]3CCC(=O)C3)cc(-c3cnn([C@H]4CO[C@@H]5CCCO[C@@H]54)c3)cc2nn1C.Cc1ccc(S(=O)(=O)O[C@@H]2CO[C@@H]3CCCO[C@@H]32)cc1. The van der Waals surface area contributed by atoms with Gasteiger partial charge >= 0.3 is 0 Å². The maximum atomic E-state index is 13.2. The predicted molar refractivity (Wildman–Crippen MR) is 499 cm³/mol. The van der Waals surface area contributed by atoms with Gasteiger partial charge in [0.15, 0.2) is 0 Å². The van der Waals surface area contributed by atoms with E-state index in [1.54, 1.807) is 44.7 Å². The Balaban J connectivity index is 0.000000122. The number of carbonyl (C=O) groups excluding carboxylic acids is 3. The Labute approximate surface area is 775 Å². The average molecular weight is 1840 g/mol. The van der Waals surface area contributed by atoms with Crippen molar-refractivity contribution in [1.29, 1.82) is 0 Å². The van der Waals surface area contributed by atoms with Crippen molar-refractivity contribution in [2.45, 2.75) is 223 Å². The number of Topliss-reactive ketones (excluding diaryl/α,β-unsaturated/α-hetero) is 1. The molecule has 8 saturated heterocycles. The quantitative estimate of drug-likeness (QED) is 0.0581. The van der Waals surface area contributed by atoms with Gasteiger partial charge < -0.3 is 61.9 Å². The number of carbonyl (C=O) groups is 3. The minimum atomic E-state index is -3.77. The largest absolute Gasteiger partial charge is 0.497 e. The summed E-state index contributed by atoms with van der Waals surface area (Å²) in [6.07, 6.45) is 19.9. The van der Waals surface area contributed by atoms with Crippen molar-refractivity contribution in [2.24, 2.45) is 38.9 Å². The normalized spacial score (nSPS) is 24.6. The lowest BCUT2D eigenvalue weighted by atomic mass is 10.0. The first-order valence-corrected chi connectivity index (χ1v) is 48.2.